The summed E-state index contributed by atoms with van der Waals surface area (Å²) in [7, 11) is 0. The standard InChI is InChI=1S/C9H17NO3/c11-7-9(10-6-8(12)13)4-2-1-3-5-9/h10-11H,1-7H2,(H,12,13). The maximum atomic E-state index is 10.4. The van der Waals surface area contributed by atoms with Gasteiger partial charge in [-0.15, -0.1) is 0 Å². The highest BCUT2D eigenvalue weighted by Crippen LogP contribution is 2.27. The molecule has 0 unspecified atom stereocenters. The molecule has 3 N–H and O–H groups in total. The summed E-state index contributed by atoms with van der Waals surface area (Å²) in [6, 6.07) is 0. The number of carbonyl (C=O) groups is 1. The molecule has 0 heterocycles. The van der Waals surface area contributed by atoms with E-state index in [1.54, 1.807) is 0 Å². The van der Waals surface area contributed by atoms with E-state index in [9.17, 15) is 9.90 Å². The van der Waals surface area contributed by atoms with E-state index in [0.29, 0.717) is 0 Å². The van der Waals surface area contributed by atoms with Crippen molar-refractivity contribution >= 4 is 5.97 Å². The van der Waals surface area contributed by atoms with Gasteiger partial charge in [0.05, 0.1) is 13.2 Å². The Balaban J connectivity index is 2.42. The van der Waals surface area contributed by atoms with E-state index in [1.807, 2.05) is 0 Å². The van der Waals surface area contributed by atoms with Gasteiger partial charge >= 0.3 is 5.97 Å². The lowest BCUT2D eigenvalue weighted by molar-refractivity contribution is -0.136. The van der Waals surface area contributed by atoms with Crippen molar-refractivity contribution in [3.63, 3.8) is 0 Å². The Morgan fingerprint density at radius 1 is 1.31 bits per heavy atom. The maximum absolute atomic E-state index is 10.4. The normalized spacial score (nSPS) is 21.3. The van der Waals surface area contributed by atoms with Gasteiger partial charge in [-0.1, -0.05) is 19.3 Å². The number of carboxylic acids is 1. The van der Waals surface area contributed by atoms with E-state index in [-0.39, 0.29) is 18.7 Å². The van der Waals surface area contributed by atoms with Crippen molar-refractivity contribution < 1.29 is 15.0 Å². The number of carboxylic acid groups (broad SMARTS) is 1. The van der Waals surface area contributed by atoms with Crippen LogP contribution < -0.4 is 5.32 Å². The molecule has 4 heteroatoms. The molecule has 4 nitrogen and oxygen atoms in total. The van der Waals surface area contributed by atoms with Crippen molar-refractivity contribution in [2.45, 2.75) is 37.6 Å². The Bertz CT molecular complexity index is 176. The molecule has 1 aliphatic carbocycles. The van der Waals surface area contributed by atoms with E-state index in [4.69, 9.17) is 5.11 Å². The van der Waals surface area contributed by atoms with Gasteiger partial charge in [-0.2, -0.15) is 0 Å². The Morgan fingerprint density at radius 3 is 2.38 bits per heavy atom. The average molecular weight is 187 g/mol. The van der Waals surface area contributed by atoms with Gasteiger partial charge in [0.2, 0.25) is 0 Å². The molecule has 0 bridgehead atoms. The van der Waals surface area contributed by atoms with Crippen LogP contribution in [0.1, 0.15) is 32.1 Å². The van der Waals surface area contributed by atoms with Gasteiger partial charge < -0.3 is 10.2 Å². The molecule has 76 valence electrons. The number of aliphatic carboxylic acids is 1. The fourth-order valence-electron chi connectivity index (χ4n) is 1.88. The molecule has 0 saturated heterocycles. The molecule has 0 aromatic rings. The monoisotopic (exact) mass is 187 g/mol. The van der Waals surface area contributed by atoms with Gasteiger partial charge in [0.1, 0.15) is 0 Å². The Labute approximate surface area is 78.0 Å². The summed E-state index contributed by atoms with van der Waals surface area (Å²) in [5.74, 6) is -0.863. The summed E-state index contributed by atoms with van der Waals surface area (Å²) in [5.41, 5.74) is -0.323. The van der Waals surface area contributed by atoms with E-state index >= 15 is 0 Å². The van der Waals surface area contributed by atoms with Crippen LogP contribution in [-0.4, -0.2) is 34.9 Å². The first kappa shape index (κ1) is 10.5. The highest BCUT2D eigenvalue weighted by Gasteiger charge is 2.30. The molecule has 0 radical (unpaired) electrons. The van der Waals surface area contributed by atoms with Gasteiger partial charge in [-0.05, 0) is 12.8 Å². The second kappa shape index (κ2) is 4.58. The molecule has 0 amide bonds. The van der Waals surface area contributed by atoms with E-state index < -0.39 is 5.97 Å². The molecule has 0 atom stereocenters. The van der Waals surface area contributed by atoms with Crippen molar-refractivity contribution in [2.24, 2.45) is 0 Å². The number of hydrogen-bond donors (Lipinski definition) is 3. The smallest absolute Gasteiger partial charge is 0.317 e. The number of hydrogen-bond acceptors (Lipinski definition) is 3. The summed E-state index contributed by atoms with van der Waals surface area (Å²) < 4.78 is 0. The number of aliphatic hydroxyl groups excluding tert-OH is 1. The minimum atomic E-state index is -0.863. The van der Waals surface area contributed by atoms with Crippen molar-refractivity contribution in [1.82, 2.24) is 5.32 Å². The molecule has 13 heavy (non-hydrogen) atoms. The van der Waals surface area contributed by atoms with Crippen molar-refractivity contribution in [3.8, 4) is 0 Å². The van der Waals surface area contributed by atoms with E-state index in [2.05, 4.69) is 5.32 Å². The molecular weight excluding hydrogens is 170 g/mol. The Hall–Kier alpha value is -0.610. The zero-order valence-corrected chi connectivity index (χ0v) is 7.75. The van der Waals surface area contributed by atoms with Crippen LogP contribution in [0.5, 0.6) is 0 Å². The van der Waals surface area contributed by atoms with Gasteiger partial charge in [0.25, 0.3) is 0 Å². The lowest BCUT2D eigenvalue weighted by atomic mass is 9.82. The molecule has 1 rings (SSSR count). The van der Waals surface area contributed by atoms with Crippen LogP contribution in [0.2, 0.25) is 0 Å². The Kier molecular flexibility index (Phi) is 3.69. The maximum Gasteiger partial charge on any atom is 0.317 e. The van der Waals surface area contributed by atoms with Crippen LogP contribution in [0.3, 0.4) is 0 Å². The molecule has 0 aliphatic heterocycles. The van der Waals surface area contributed by atoms with E-state index in [1.165, 1.54) is 6.42 Å². The largest absolute Gasteiger partial charge is 0.480 e. The number of rotatable bonds is 4. The summed E-state index contributed by atoms with van der Waals surface area (Å²) in [4.78, 5) is 10.4. The van der Waals surface area contributed by atoms with Gasteiger partial charge in [0.15, 0.2) is 0 Å². The summed E-state index contributed by atoms with van der Waals surface area (Å²) in [6.07, 6.45) is 5.12. The van der Waals surface area contributed by atoms with Crippen molar-refractivity contribution in [2.75, 3.05) is 13.2 Å². The molecule has 1 fully saturated rings. The van der Waals surface area contributed by atoms with Crippen LogP contribution in [0.15, 0.2) is 0 Å². The number of nitrogens with one attached hydrogen (secondary N) is 1. The summed E-state index contributed by atoms with van der Waals surface area (Å²) in [6.45, 7) is -0.0131. The quantitative estimate of drug-likeness (QED) is 0.594. The zero-order valence-electron chi connectivity index (χ0n) is 7.75. The minimum Gasteiger partial charge on any atom is -0.480 e. The van der Waals surface area contributed by atoms with Gasteiger partial charge in [0, 0.05) is 5.54 Å². The van der Waals surface area contributed by atoms with Gasteiger partial charge in [-0.25, -0.2) is 0 Å². The number of aliphatic hydroxyl groups is 1. The highest BCUT2D eigenvalue weighted by molar-refractivity contribution is 5.69. The molecule has 0 spiro atoms. The summed E-state index contributed by atoms with van der Waals surface area (Å²) >= 11 is 0. The predicted molar refractivity (Wildman–Crippen MR) is 48.5 cm³/mol. The molecule has 1 saturated carbocycles. The first-order valence-electron chi connectivity index (χ1n) is 4.76. The van der Waals surface area contributed by atoms with Crippen molar-refractivity contribution in [1.29, 1.82) is 0 Å². The minimum absolute atomic E-state index is 0.0419. The highest BCUT2D eigenvalue weighted by atomic mass is 16.4. The first-order chi connectivity index (χ1) is 6.18. The zero-order chi connectivity index (χ0) is 9.73. The third-order valence-corrected chi connectivity index (χ3v) is 2.73. The molecular formula is C9H17NO3. The second-order valence-corrected chi connectivity index (χ2v) is 3.75. The fourth-order valence-corrected chi connectivity index (χ4v) is 1.88. The second-order valence-electron chi connectivity index (χ2n) is 3.75. The average Bonchev–Trinajstić information content (AvgIpc) is 2.16. The summed E-state index contributed by atoms with van der Waals surface area (Å²) in [5, 5.41) is 20.6. The third kappa shape index (κ3) is 2.97. The van der Waals surface area contributed by atoms with E-state index in [0.717, 1.165) is 25.7 Å². The van der Waals surface area contributed by atoms with Crippen LogP contribution >= 0.6 is 0 Å². The fraction of sp³-hybridized carbons (Fsp3) is 0.889. The van der Waals surface area contributed by atoms with Crippen LogP contribution in [0, 0.1) is 0 Å². The molecule has 0 aromatic heterocycles. The van der Waals surface area contributed by atoms with Crippen LogP contribution in [0.4, 0.5) is 0 Å². The SMILES string of the molecule is O=C(O)CNC1(CO)CCCCC1. The topological polar surface area (TPSA) is 69.6 Å². The van der Waals surface area contributed by atoms with Gasteiger partial charge in [-0.3, -0.25) is 10.1 Å². The lowest BCUT2D eigenvalue weighted by Gasteiger charge is -2.36. The third-order valence-electron chi connectivity index (χ3n) is 2.73. The van der Waals surface area contributed by atoms with Crippen LogP contribution in [-0.2, 0) is 4.79 Å². The van der Waals surface area contributed by atoms with Crippen LogP contribution in [0.25, 0.3) is 0 Å². The first-order valence-corrected chi connectivity index (χ1v) is 4.76. The predicted octanol–water partition coefficient (Wildman–Crippen LogP) is 0.356. The molecule has 0 aromatic carbocycles. The van der Waals surface area contributed by atoms with Crippen molar-refractivity contribution in [3.05, 3.63) is 0 Å². The lowest BCUT2D eigenvalue weighted by Crippen LogP contribution is -2.51. The molecule has 1 aliphatic rings. The Morgan fingerprint density at radius 2 is 1.92 bits per heavy atom.